The van der Waals surface area contributed by atoms with Gasteiger partial charge in [-0.1, -0.05) is 13.0 Å². The van der Waals surface area contributed by atoms with E-state index in [1.165, 1.54) is 0 Å². The Morgan fingerprint density at radius 3 is 2.72 bits per heavy atom. The van der Waals surface area contributed by atoms with E-state index in [2.05, 4.69) is 22.1 Å². The zero-order valence-corrected chi connectivity index (χ0v) is 10.9. The second-order valence-corrected chi connectivity index (χ2v) is 3.90. The molecule has 1 aromatic heterocycles. The van der Waals surface area contributed by atoms with E-state index in [9.17, 15) is 0 Å². The molecule has 2 aromatic rings. The number of H-pyrrole nitrogens is 1. The maximum Gasteiger partial charge on any atom is 0.185 e. The third kappa shape index (κ3) is 2.30. The smallest absolute Gasteiger partial charge is 0.185 e. The first-order valence-electron chi connectivity index (χ1n) is 5.92. The fourth-order valence-corrected chi connectivity index (χ4v) is 1.83. The molecule has 0 bridgehead atoms. The minimum absolute atomic E-state index is 0.634. The first-order chi connectivity index (χ1) is 8.80. The van der Waals surface area contributed by atoms with Gasteiger partial charge in [-0.05, 0) is 18.6 Å². The summed E-state index contributed by atoms with van der Waals surface area (Å²) in [5, 5.41) is 7.15. The highest BCUT2D eigenvalue weighted by atomic mass is 16.5. The lowest BCUT2D eigenvalue weighted by Gasteiger charge is -2.09. The second kappa shape index (κ2) is 5.53. The number of nitrogens with one attached hydrogen (secondary N) is 1. The van der Waals surface area contributed by atoms with Gasteiger partial charge in [-0.3, -0.25) is 5.10 Å². The van der Waals surface area contributed by atoms with Crippen molar-refractivity contribution in [1.29, 1.82) is 0 Å². The molecule has 1 aromatic carbocycles. The summed E-state index contributed by atoms with van der Waals surface area (Å²) in [5.74, 6) is 2.85. The molecule has 2 rings (SSSR count). The van der Waals surface area contributed by atoms with E-state index in [0.717, 1.165) is 24.2 Å². The summed E-state index contributed by atoms with van der Waals surface area (Å²) in [6, 6.07) is 5.66. The number of ether oxygens (including phenoxy) is 2. The second-order valence-electron chi connectivity index (χ2n) is 3.90. The number of aromatic nitrogens is 3. The Hall–Kier alpha value is -2.04. The van der Waals surface area contributed by atoms with Gasteiger partial charge >= 0.3 is 0 Å². The van der Waals surface area contributed by atoms with Crippen LogP contribution in [0.2, 0.25) is 0 Å². The summed E-state index contributed by atoms with van der Waals surface area (Å²) in [6.45, 7) is 2.11. The van der Waals surface area contributed by atoms with Crippen molar-refractivity contribution in [1.82, 2.24) is 15.2 Å². The molecule has 0 aliphatic carbocycles. The SMILES string of the molecule is CCCc1nc(-c2cccc(OC)c2OC)n[nH]1. The van der Waals surface area contributed by atoms with Gasteiger partial charge in [0, 0.05) is 6.42 Å². The van der Waals surface area contributed by atoms with E-state index in [-0.39, 0.29) is 0 Å². The summed E-state index contributed by atoms with van der Waals surface area (Å²) in [7, 11) is 3.23. The van der Waals surface area contributed by atoms with E-state index in [1.54, 1.807) is 14.2 Å². The van der Waals surface area contributed by atoms with Crippen LogP contribution in [-0.4, -0.2) is 29.4 Å². The van der Waals surface area contributed by atoms with Crippen molar-refractivity contribution in [3.05, 3.63) is 24.0 Å². The van der Waals surface area contributed by atoms with Crippen LogP contribution in [0, 0.1) is 0 Å². The van der Waals surface area contributed by atoms with Gasteiger partial charge in [-0.15, -0.1) is 0 Å². The topological polar surface area (TPSA) is 60.0 Å². The first kappa shape index (κ1) is 12.4. The van der Waals surface area contributed by atoms with Crippen LogP contribution in [0.3, 0.4) is 0 Å². The van der Waals surface area contributed by atoms with E-state index in [1.807, 2.05) is 18.2 Å². The van der Waals surface area contributed by atoms with E-state index in [4.69, 9.17) is 9.47 Å². The number of aryl methyl sites for hydroxylation is 1. The lowest BCUT2D eigenvalue weighted by Crippen LogP contribution is -1.94. The Kier molecular flexibility index (Phi) is 3.82. The molecule has 0 fully saturated rings. The predicted octanol–water partition coefficient (Wildman–Crippen LogP) is 2.44. The fourth-order valence-electron chi connectivity index (χ4n) is 1.83. The number of aromatic amines is 1. The predicted molar refractivity (Wildman–Crippen MR) is 68.9 cm³/mol. The first-order valence-corrected chi connectivity index (χ1v) is 5.92. The minimum atomic E-state index is 0.634. The van der Waals surface area contributed by atoms with Crippen LogP contribution in [0.1, 0.15) is 19.2 Å². The molecule has 0 saturated heterocycles. The van der Waals surface area contributed by atoms with Gasteiger partial charge in [0.25, 0.3) is 0 Å². The van der Waals surface area contributed by atoms with Gasteiger partial charge in [0.2, 0.25) is 0 Å². The van der Waals surface area contributed by atoms with Crippen LogP contribution < -0.4 is 9.47 Å². The Morgan fingerprint density at radius 1 is 1.22 bits per heavy atom. The summed E-state index contributed by atoms with van der Waals surface area (Å²) in [5.41, 5.74) is 0.829. The van der Waals surface area contributed by atoms with Crippen molar-refractivity contribution in [2.24, 2.45) is 0 Å². The van der Waals surface area contributed by atoms with Crippen LogP contribution >= 0.6 is 0 Å². The summed E-state index contributed by atoms with van der Waals surface area (Å²) < 4.78 is 10.6. The monoisotopic (exact) mass is 247 g/mol. The summed E-state index contributed by atoms with van der Waals surface area (Å²) >= 11 is 0. The highest BCUT2D eigenvalue weighted by molar-refractivity contribution is 5.68. The van der Waals surface area contributed by atoms with Crippen molar-refractivity contribution in [3.8, 4) is 22.9 Å². The number of para-hydroxylation sites is 1. The van der Waals surface area contributed by atoms with E-state index in [0.29, 0.717) is 17.3 Å². The lowest BCUT2D eigenvalue weighted by atomic mass is 10.1. The summed E-state index contributed by atoms with van der Waals surface area (Å²) in [6.07, 6.45) is 1.92. The Morgan fingerprint density at radius 2 is 2.06 bits per heavy atom. The van der Waals surface area contributed by atoms with Gasteiger partial charge in [-0.2, -0.15) is 5.10 Å². The molecular weight excluding hydrogens is 230 g/mol. The number of nitrogens with zero attached hydrogens (tertiary/aromatic N) is 2. The third-order valence-corrected chi connectivity index (χ3v) is 2.66. The molecule has 96 valence electrons. The number of hydrogen-bond acceptors (Lipinski definition) is 4. The molecule has 0 unspecified atom stereocenters. The van der Waals surface area contributed by atoms with Gasteiger partial charge in [-0.25, -0.2) is 4.98 Å². The largest absolute Gasteiger partial charge is 0.493 e. The van der Waals surface area contributed by atoms with E-state index >= 15 is 0 Å². The molecule has 5 nitrogen and oxygen atoms in total. The maximum atomic E-state index is 5.37. The molecule has 1 N–H and O–H groups in total. The molecule has 18 heavy (non-hydrogen) atoms. The number of hydrogen-bond donors (Lipinski definition) is 1. The summed E-state index contributed by atoms with van der Waals surface area (Å²) in [4.78, 5) is 4.45. The maximum absolute atomic E-state index is 5.37. The van der Waals surface area contributed by atoms with E-state index < -0.39 is 0 Å². The molecule has 5 heteroatoms. The van der Waals surface area contributed by atoms with Crippen LogP contribution in [-0.2, 0) is 6.42 Å². The van der Waals surface area contributed by atoms with Crippen LogP contribution in [0.5, 0.6) is 11.5 Å². The van der Waals surface area contributed by atoms with Crippen molar-refractivity contribution in [3.63, 3.8) is 0 Å². The molecular formula is C13H17N3O2. The molecule has 0 atom stereocenters. The van der Waals surface area contributed by atoms with Crippen molar-refractivity contribution < 1.29 is 9.47 Å². The van der Waals surface area contributed by atoms with Crippen molar-refractivity contribution in [2.75, 3.05) is 14.2 Å². The van der Waals surface area contributed by atoms with Crippen LogP contribution in [0.4, 0.5) is 0 Å². The Bertz CT molecular complexity index is 523. The quantitative estimate of drug-likeness (QED) is 0.881. The number of methoxy groups -OCH3 is 2. The fraction of sp³-hybridized carbons (Fsp3) is 0.385. The van der Waals surface area contributed by atoms with Crippen molar-refractivity contribution in [2.45, 2.75) is 19.8 Å². The normalized spacial score (nSPS) is 10.4. The average molecular weight is 247 g/mol. The van der Waals surface area contributed by atoms with Gasteiger partial charge in [0.15, 0.2) is 17.3 Å². The minimum Gasteiger partial charge on any atom is -0.493 e. The van der Waals surface area contributed by atoms with Gasteiger partial charge in [0.1, 0.15) is 5.82 Å². The average Bonchev–Trinajstić information content (AvgIpc) is 2.86. The zero-order chi connectivity index (χ0) is 13.0. The molecule has 0 aliphatic heterocycles. The molecule has 0 aliphatic rings. The van der Waals surface area contributed by atoms with Crippen LogP contribution in [0.25, 0.3) is 11.4 Å². The Labute approximate surface area is 106 Å². The molecule has 1 heterocycles. The number of rotatable bonds is 5. The van der Waals surface area contributed by atoms with Crippen LogP contribution in [0.15, 0.2) is 18.2 Å². The molecule has 0 radical (unpaired) electrons. The van der Waals surface area contributed by atoms with Crippen molar-refractivity contribution >= 4 is 0 Å². The standard InChI is InChI=1S/C13H17N3O2/c1-4-6-11-14-13(16-15-11)9-7-5-8-10(17-2)12(9)18-3/h5,7-8H,4,6H2,1-3H3,(H,14,15,16). The molecule has 0 saturated carbocycles. The highest BCUT2D eigenvalue weighted by Gasteiger charge is 2.14. The lowest BCUT2D eigenvalue weighted by molar-refractivity contribution is 0.356. The number of benzene rings is 1. The Balaban J connectivity index is 2.42. The zero-order valence-electron chi connectivity index (χ0n) is 10.9. The molecule has 0 amide bonds. The van der Waals surface area contributed by atoms with Gasteiger partial charge < -0.3 is 9.47 Å². The van der Waals surface area contributed by atoms with Gasteiger partial charge in [0.05, 0.1) is 19.8 Å². The third-order valence-electron chi connectivity index (χ3n) is 2.66. The highest BCUT2D eigenvalue weighted by Crippen LogP contribution is 2.36. The molecule has 0 spiro atoms.